The van der Waals surface area contributed by atoms with Crippen molar-refractivity contribution in [2.45, 2.75) is 13.8 Å². The fourth-order valence-electron chi connectivity index (χ4n) is 2.41. The summed E-state index contributed by atoms with van der Waals surface area (Å²) in [5, 5.41) is 2.91. The molecule has 2 aromatic rings. The van der Waals surface area contributed by atoms with Gasteiger partial charge in [0.2, 0.25) is 0 Å². The molecule has 0 fully saturated rings. The van der Waals surface area contributed by atoms with Crippen LogP contribution in [0.3, 0.4) is 0 Å². The van der Waals surface area contributed by atoms with Gasteiger partial charge in [-0.3, -0.25) is 19.9 Å². The van der Waals surface area contributed by atoms with Crippen LogP contribution in [-0.4, -0.2) is 33.7 Å². The molecule has 1 aromatic carbocycles. The molecule has 0 saturated heterocycles. The molecular formula is C17H17N5O. The van der Waals surface area contributed by atoms with E-state index in [0.717, 1.165) is 16.8 Å². The van der Waals surface area contributed by atoms with Gasteiger partial charge in [0, 0.05) is 30.5 Å². The number of aliphatic imine (C=N–C) groups is 1. The molecule has 0 radical (unpaired) electrons. The van der Waals surface area contributed by atoms with Gasteiger partial charge in [0.1, 0.15) is 11.4 Å². The second-order valence-electron chi connectivity index (χ2n) is 5.38. The van der Waals surface area contributed by atoms with E-state index in [1.807, 2.05) is 26.0 Å². The first-order chi connectivity index (χ1) is 11.1. The third-order valence-electron chi connectivity index (χ3n) is 3.35. The van der Waals surface area contributed by atoms with Gasteiger partial charge in [0.05, 0.1) is 12.7 Å². The third kappa shape index (κ3) is 3.60. The highest BCUT2D eigenvalue weighted by atomic mass is 16.2. The van der Waals surface area contributed by atoms with Crippen molar-refractivity contribution in [3.63, 3.8) is 0 Å². The molecule has 1 N–H and O–H groups in total. The summed E-state index contributed by atoms with van der Waals surface area (Å²) in [6, 6.07) is 5.74. The monoisotopic (exact) mass is 307 g/mol. The van der Waals surface area contributed by atoms with Crippen molar-refractivity contribution in [2.75, 3.05) is 11.9 Å². The van der Waals surface area contributed by atoms with Gasteiger partial charge >= 0.3 is 6.03 Å². The van der Waals surface area contributed by atoms with Crippen molar-refractivity contribution in [2.24, 2.45) is 4.99 Å². The molecule has 0 atom stereocenters. The number of aromatic nitrogens is 2. The molecule has 116 valence electrons. The number of urea groups is 1. The van der Waals surface area contributed by atoms with E-state index in [4.69, 9.17) is 0 Å². The van der Waals surface area contributed by atoms with Crippen LogP contribution in [0.25, 0.3) is 5.70 Å². The Labute approximate surface area is 134 Å². The molecule has 3 rings (SSSR count). The SMILES string of the molecule is Cc1cc(C)cc(NC(=O)N2C=C(c3cnccn3)N=CC2)c1. The lowest BCUT2D eigenvalue weighted by Gasteiger charge is -2.21. The minimum absolute atomic E-state index is 0.206. The number of rotatable bonds is 2. The van der Waals surface area contributed by atoms with Crippen LogP contribution in [0, 0.1) is 13.8 Å². The first kappa shape index (κ1) is 14.9. The van der Waals surface area contributed by atoms with Crippen molar-refractivity contribution in [1.82, 2.24) is 14.9 Å². The highest BCUT2D eigenvalue weighted by Gasteiger charge is 2.16. The van der Waals surface area contributed by atoms with Crippen molar-refractivity contribution in [3.05, 3.63) is 59.8 Å². The number of carbonyl (C=O) groups excluding carboxylic acids is 1. The maximum atomic E-state index is 12.4. The summed E-state index contributed by atoms with van der Waals surface area (Å²) in [7, 11) is 0. The summed E-state index contributed by atoms with van der Waals surface area (Å²) in [6.45, 7) is 4.42. The van der Waals surface area contributed by atoms with Gasteiger partial charge < -0.3 is 5.32 Å². The van der Waals surface area contributed by atoms with Crippen LogP contribution in [0.15, 0.2) is 48.0 Å². The minimum atomic E-state index is -0.206. The van der Waals surface area contributed by atoms with Gasteiger partial charge in [-0.25, -0.2) is 4.79 Å². The summed E-state index contributed by atoms with van der Waals surface area (Å²) >= 11 is 0. The normalized spacial score (nSPS) is 13.7. The Morgan fingerprint density at radius 3 is 2.65 bits per heavy atom. The summed E-state index contributed by atoms with van der Waals surface area (Å²) < 4.78 is 0. The molecule has 0 saturated carbocycles. The summed E-state index contributed by atoms with van der Waals surface area (Å²) in [5.41, 5.74) is 4.24. The average Bonchev–Trinajstić information content (AvgIpc) is 2.55. The third-order valence-corrected chi connectivity index (χ3v) is 3.35. The molecule has 0 aliphatic carbocycles. The van der Waals surface area contributed by atoms with E-state index in [1.54, 1.807) is 35.9 Å². The molecule has 2 amide bonds. The summed E-state index contributed by atoms with van der Waals surface area (Å²) in [6.07, 6.45) is 8.18. The number of aryl methyl sites for hydroxylation is 2. The highest BCUT2D eigenvalue weighted by molar-refractivity contribution is 5.93. The zero-order chi connectivity index (χ0) is 16.2. The lowest BCUT2D eigenvalue weighted by Crippen LogP contribution is -2.33. The molecule has 6 nitrogen and oxygen atoms in total. The van der Waals surface area contributed by atoms with Gasteiger partial charge in [-0.2, -0.15) is 0 Å². The Morgan fingerprint density at radius 1 is 1.17 bits per heavy atom. The number of nitrogens with one attached hydrogen (secondary N) is 1. The quantitative estimate of drug-likeness (QED) is 0.927. The molecular weight excluding hydrogens is 290 g/mol. The first-order valence-electron chi connectivity index (χ1n) is 7.28. The molecule has 0 unspecified atom stereocenters. The van der Waals surface area contributed by atoms with Crippen LogP contribution in [0.5, 0.6) is 0 Å². The molecule has 2 heterocycles. The molecule has 1 aromatic heterocycles. The Kier molecular flexibility index (Phi) is 4.14. The van der Waals surface area contributed by atoms with Crippen LogP contribution >= 0.6 is 0 Å². The van der Waals surface area contributed by atoms with E-state index in [9.17, 15) is 4.79 Å². The lowest BCUT2D eigenvalue weighted by molar-refractivity contribution is 0.233. The maximum Gasteiger partial charge on any atom is 0.326 e. The molecule has 6 heteroatoms. The Balaban J connectivity index is 1.77. The zero-order valence-electron chi connectivity index (χ0n) is 13.0. The van der Waals surface area contributed by atoms with Crippen LogP contribution < -0.4 is 5.32 Å². The highest BCUT2D eigenvalue weighted by Crippen LogP contribution is 2.18. The number of carbonyl (C=O) groups is 1. The van der Waals surface area contributed by atoms with Crippen LogP contribution in [0.2, 0.25) is 0 Å². The van der Waals surface area contributed by atoms with E-state index in [-0.39, 0.29) is 6.03 Å². The Hall–Kier alpha value is -3.02. The predicted octanol–water partition coefficient (Wildman–Crippen LogP) is 3.01. The second kappa shape index (κ2) is 6.39. The molecule has 1 aliphatic rings. The standard InChI is InChI=1S/C17H17N5O/c1-12-7-13(2)9-14(8-12)21-17(23)22-6-5-20-16(11-22)15-10-18-3-4-19-15/h3-5,7-11H,6H2,1-2H3,(H,21,23). The molecule has 1 aliphatic heterocycles. The number of amides is 2. The minimum Gasteiger partial charge on any atom is -0.308 e. The fourth-order valence-corrected chi connectivity index (χ4v) is 2.41. The first-order valence-corrected chi connectivity index (χ1v) is 7.28. The van der Waals surface area contributed by atoms with Crippen molar-refractivity contribution in [1.29, 1.82) is 0 Å². The van der Waals surface area contributed by atoms with E-state index in [0.29, 0.717) is 17.9 Å². The number of hydrogen-bond acceptors (Lipinski definition) is 4. The van der Waals surface area contributed by atoms with Gasteiger partial charge in [0.25, 0.3) is 0 Å². The molecule has 0 bridgehead atoms. The molecule has 0 spiro atoms. The van der Waals surface area contributed by atoms with Crippen LogP contribution in [0.4, 0.5) is 10.5 Å². The Bertz CT molecular complexity index is 763. The van der Waals surface area contributed by atoms with E-state index >= 15 is 0 Å². The number of hydrogen-bond donors (Lipinski definition) is 1. The maximum absolute atomic E-state index is 12.4. The zero-order valence-corrected chi connectivity index (χ0v) is 13.0. The van der Waals surface area contributed by atoms with Gasteiger partial charge in [-0.05, 0) is 37.1 Å². The van der Waals surface area contributed by atoms with Crippen LogP contribution in [-0.2, 0) is 0 Å². The summed E-state index contributed by atoms with van der Waals surface area (Å²) in [4.78, 5) is 26.5. The number of benzene rings is 1. The topological polar surface area (TPSA) is 70.5 Å². The fraction of sp³-hybridized carbons (Fsp3) is 0.176. The van der Waals surface area contributed by atoms with Crippen molar-refractivity contribution < 1.29 is 4.79 Å². The second-order valence-corrected chi connectivity index (χ2v) is 5.38. The Morgan fingerprint density at radius 2 is 1.96 bits per heavy atom. The van der Waals surface area contributed by atoms with Gasteiger partial charge in [-0.1, -0.05) is 6.07 Å². The van der Waals surface area contributed by atoms with Gasteiger partial charge in [0.15, 0.2) is 0 Å². The average molecular weight is 307 g/mol. The van der Waals surface area contributed by atoms with Gasteiger partial charge in [-0.15, -0.1) is 0 Å². The van der Waals surface area contributed by atoms with E-state index in [1.165, 1.54) is 0 Å². The summed E-state index contributed by atoms with van der Waals surface area (Å²) in [5.74, 6) is 0. The van der Waals surface area contributed by atoms with E-state index < -0.39 is 0 Å². The number of nitrogens with zero attached hydrogens (tertiary/aromatic N) is 4. The lowest BCUT2D eigenvalue weighted by atomic mass is 10.1. The van der Waals surface area contributed by atoms with Crippen molar-refractivity contribution >= 4 is 23.6 Å². The predicted molar refractivity (Wildman–Crippen MR) is 90.1 cm³/mol. The smallest absolute Gasteiger partial charge is 0.308 e. The largest absolute Gasteiger partial charge is 0.326 e. The van der Waals surface area contributed by atoms with Crippen molar-refractivity contribution in [3.8, 4) is 0 Å². The number of anilines is 1. The molecule has 23 heavy (non-hydrogen) atoms. The van der Waals surface area contributed by atoms with E-state index in [2.05, 4.69) is 26.3 Å². The van der Waals surface area contributed by atoms with Crippen LogP contribution in [0.1, 0.15) is 16.8 Å².